The van der Waals surface area contributed by atoms with Gasteiger partial charge in [-0.25, -0.2) is 4.98 Å². The number of hydrogen-bond acceptors (Lipinski definition) is 3. The van der Waals surface area contributed by atoms with Gasteiger partial charge >= 0.3 is 0 Å². The average molecular weight is 401 g/mol. The smallest absolute Gasteiger partial charge is 0.224 e. The zero-order valence-corrected chi connectivity index (χ0v) is 16.6. The molecule has 0 saturated heterocycles. The molecule has 0 radical (unpaired) electrons. The molecule has 144 valence electrons. The van der Waals surface area contributed by atoms with E-state index in [0.29, 0.717) is 6.42 Å². The first-order chi connectivity index (χ1) is 14.3. The third-order valence-electron chi connectivity index (χ3n) is 5.08. The van der Waals surface area contributed by atoms with Gasteiger partial charge in [-0.3, -0.25) is 9.20 Å². The number of rotatable bonds is 6. The van der Waals surface area contributed by atoms with Gasteiger partial charge in [0.1, 0.15) is 0 Å². The highest BCUT2D eigenvalue weighted by atomic mass is 32.1. The zero-order chi connectivity index (χ0) is 19.6. The van der Waals surface area contributed by atoms with Gasteiger partial charge in [0.25, 0.3) is 0 Å². The number of thiazole rings is 1. The largest absolute Gasteiger partial charge is 0.361 e. The molecule has 0 aliphatic heterocycles. The lowest BCUT2D eigenvalue weighted by molar-refractivity contribution is -0.116. The van der Waals surface area contributed by atoms with E-state index in [1.54, 1.807) is 11.3 Å². The number of hydrogen-bond donors (Lipinski definition) is 2. The van der Waals surface area contributed by atoms with Crippen molar-refractivity contribution in [2.24, 2.45) is 0 Å². The van der Waals surface area contributed by atoms with Crippen molar-refractivity contribution in [2.75, 3.05) is 5.32 Å². The van der Waals surface area contributed by atoms with Crippen LogP contribution in [0, 0.1) is 0 Å². The summed E-state index contributed by atoms with van der Waals surface area (Å²) >= 11 is 1.61. The molecule has 1 amide bonds. The summed E-state index contributed by atoms with van der Waals surface area (Å²) in [6, 6.07) is 16.1. The van der Waals surface area contributed by atoms with E-state index in [1.807, 2.05) is 64.8 Å². The van der Waals surface area contributed by atoms with Crippen molar-refractivity contribution in [3.05, 3.63) is 78.1 Å². The summed E-state index contributed by atoms with van der Waals surface area (Å²) in [5.41, 5.74) is 5.20. The Labute approximate surface area is 172 Å². The molecule has 0 spiro atoms. The Morgan fingerprint density at radius 2 is 2.00 bits per heavy atom. The highest BCUT2D eigenvalue weighted by Gasteiger charge is 2.08. The predicted molar refractivity (Wildman–Crippen MR) is 118 cm³/mol. The number of nitrogens with one attached hydrogen (secondary N) is 2. The standard InChI is InChI=1S/C23H20N4OS/c28-22(7-3-4-17-14-24-20-6-2-1-5-19(17)20)25-18-10-8-16(9-11-18)21-15-27-12-13-29-23(27)26-21/h1-2,5-6,8-15,24H,3-4,7H2,(H,25,28). The van der Waals surface area contributed by atoms with Crippen LogP contribution in [0.3, 0.4) is 0 Å². The molecule has 0 saturated carbocycles. The molecule has 0 fully saturated rings. The minimum Gasteiger partial charge on any atom is -0.361 e. The molecule has 5 rings (SSSR count). The molecule has 5 nitrogen and oxygen atoms in total. The third-order valence-corrected chi connectivity index (χ3v) is 5.85. The van der Waals surface area contributed by atoms with E-state index in [-0.39, 0.29) is 5.91 Å². The number of carbonyl (C=O) groups excluding carboxylic acids is 1. The number of para-hydroxylation sites is 1. The predicted octanol–water partition coefficient (Wildman–Crippen LogP) is 5.51. The van der Waals surface area contributed by atoms with Crippen molar-refractivity contribution in [3.63, 3.8) is 0 Å². The number of H-pyrrole nitrogens is 1. The number of nitrogens with zero attached hydrogens (tertiary/aromatic N) is 2. The van der Waals surface area contributed by atoms with Crippen molar-refractivity contribution in [1.82, 2.24) is 14.4 Å². The Morgan fingerprint density at radius 3 is 2.86 bits per heavy atom. The van der Waals surface area contributed by atoms with Crippen LogP contribution < -0.4 is 5.32 Å². The molecular formula is C23H20N4OS. The first-order valence-electron chi connectivity index (χ1n) is 9.64. The monoisotopic (exact) mass is 400 g/mol. The molecule has 2 aromatic carbocycles. The van der Waals surface area contributed by atoms with Crippen molar-refractivity contribution < 1.29 is 4.79 Å². The van der Waals surface area contributed by atoms with Crippen molar-refractivity contribution in [2.45, 2.75) is 19.3 Å². The fraction of sp³-hybridized carbons (Fsp3) is 0.130. The highest BCUT2D eigenvalue weighted by molar-refractivity contribution is 7.15. The molecular weight excluding hydrogens is 380 g/mol. The molecule has 2 N–H and O–H groups in total. The van der Waals surface area contributed by atoms with E-state index >= 15 is 0 Å². The van der Waals surface area contributed by atoms with Crippen molar-refractivity contribution >= 4 is 38.8 Å². The molecule has 0 aliphatic carbocycles. The topological polar surface area (TPSA) is 62.2 Å². The minimum absolute atomic E-state index is 0.0418. The lowest BCUT2D eigenvalue weighted by Crippen LogP contribution is -2.11. The Bertz CT molecular complexity index is 1250. The van der Waals surface area contributed by atoms with Crippen LogP contribution in [0.15, 0.2) is 72.5 Å². The first-order valence-corrected chi connectivity index (χ1v) is 10.5. The number of anilines is 1. The van der Waals surface area contributed by atoms with Gasteiger partial charge in [0, 0.05) is 52.5 Å². The Balaban J connectivity index is 1.17. The summed E-state index contributed by atoms with van der Waals surface area (Å²) < 4.78 is 2.02. The SMILES string of the molecule is O=C(CCCc1c[nH]c2ccccc12)Nc1ccc(-c2cn3ccsc3n2)cc1. The normalized spacial score (nSPS) is 11.3. The number of fused-ring (bicyclic) bond motifs is 2. The van der Waals surface area contributed by atoms with Gasteiger partial charge in [0.05, 0.1) is 5.69 Å². The van der Waals surface area contributed by atoms with Gasteiger partial charge < -0.3 is 10.3 Å². The zero-order valence-electron chi connectivity index (χ0n) is 15.8. The van der Waals surface area contributed by atoms with Crippen molar-refractivity contribution in [3.8, 4) is 11.3 Å². The van der Waals surface area contributed by atoms with E-state index in [2.05, 4.69) is 27.4 Å². The van der Waals surface area contributed by atoms with Crippen LogP contribution in [0.5, 0.6) is 0 Å². The molecule has 0 atom stereocenters. The molecule has 0 aliphatic rings. The second-order valence-corrected chi connectivity index (χ2v) is 7.93. The quantitative estimate of drug-likeness (QED) is 0.395. The number of aromatic nitrogens is 3. The lowest BCUT2D eigenvalue weighted by atomic mass is 10.1. The van der Waals surface area contributed by atoms with Gasteiger partial charge in [0.15, 0.2) is 4.96 Å². The summed E-state index contributed by atoms with van der Waals surface area (Å²) in [5.74, 6) is 0.0418. The van der Waals surface area contributed by atoms with Crippen LogP contribution in [-0.2, 0) is 11.2 Å². The maximum absolute atomic E-state index is 12.3. The van der Waals surface area contributed by atoms with Gasteiger partial charge in [-0.05, 0) is 36.6 Å². The summed E-state index contributed by atoms with van der Waals surface area (Å²) in [5, 5.41) is 6.24. The van der Waals surface area contributed by atoms with Crippen LogP contribution in [0.4, 0.5) is 5.69 Å². The summed E-state index contributed by atoms with van der Waals surface area (Å²) in [4.78, 5) is 21.2. The van der Waals surface area contributed by atoms with E-state index in [1.165, 1.54) is 10.9 Å². The number of amides is 1. The highest BCUT2D eigenvalue weighted by Crippen LogP contribution is 2.23. The summed E-state index contributed by atoms with van der Waals surface area (Å²) in [6.07, 6.45) is 8.26. The number of aryl methyl sites for hydroxylation is 1. The molecule has 5 aromatic rings. The molecule has 0 unspecified atom stereocenters. The van der Waals surface area contributed by atoms with E-state index in [0.717, 1.165) is 40.3 Å². The number of carbonyl (C=O) groups is 1. The van der Waals surface area contributed by atoms with E-state index < -0.39 is 0 Å². The maximum Gasteiger partial charge on any atom is 0.224 e. The molecule has 0 bridgehead atoms. The van der Waals surface area contributed by atoms with Crippen molar-refractivity contribution in [1.29, 1.82) is 0 Å². The Kier molecular flexibility index (Phi) is 4.62. The fourth-order valence-electron chi connectivity index (χ4n) is 3.59. The van der Waals surface area contributed by atoms with Crippen LogP contribution in [0.25, 0.3) is 27.1 Å². The van der Waals surface area contributed by atoms with Crippen LogP contribution in [-0.4, -0.2) is 20.3 Å². The van der Waals surface area contributed by atoms with Crippen LogP contribution in [0.1, 0.15) is 18.4 Å². The Hall–Kier alpha value is -3.38. The first kappa shape index (κ1) is 17.7. The molecule has 6 heteroatoms. The van der Waals surface area contributed by atoms with Gasteiger partial charge in [-0.15, -0.1) is 11.3 Å². The second-order valence-electron chi connectivity index (χ2n) is 7.06. The third kappa shape index (κ3) is 3.67. The van der Waals surface area contributed by atoms with Gasteiger partial charge in [-0.1, -0.05) is 30.3 Å². The Morgan fingerprint density at radius 1 is 1.14 bits per heavy atom. The maximum atomic E-state index is 12.3. The van der Waals surface area contributed by atoms with Crippen LogP contribution >= 0.6 is 11.3 Å². The minimum atomic E-state index is 0.0418. The van der Waals surface area contributed by atoms with E-state index in [4.69, 9.17) is 0 Å². The van der Waals surface area contributed by atoms with Gasteiger partial charge in [-0.2, -0.15) is 0 Å². The second kappa shape index (κ2) is 7.56. The lowest BCUT2D eigenvalue weighted by Gasteiger charge is -2.06. The molecule has 29 heavy (non-hydrogen) atoms. The average Bonchev–Trinajstić information content (AvgIpc) is 3.44. The van der Waals surface area contributed by atoms with Gasteiger partial charge in [0.2, 0.25) is 5.91 Å². The summed E-state index contributed by atoms with van der Waals surface area (Å²) in [7, 11) is 0. The number of benzene rings is 2. The molecule has 3 heterocycles. The number of aromatic amines is 1. The molecule has 3 aromatic heterocycles. The van der Waals surface area contributed by atoms with Crippen LogP contribution in [0.2, 0.25) is 0 Å². The fourth-order valence-corrected chi connectivity index (χ4v) is 4.29. The van der Waals surface area contributed by atoms with E-state index in [9.17, 15) is 4.79 Å². The summed E-state index contributed by atoms with van der Waals surface area (Å²) in [6.45, 7) is 0. The number of imidazole rings is 1.